The number of nitrogens with one attached hydrogen (secondary N) is 1. The Bertz CT molecular complexity index is 535. The van der Waals surface area contributed by atoms with Crippen LogP contribution in [0.15, 0.2) is 35.2 Å². The molecular formula is C11H13NO4S2. The smallest absolute Gasteiger partial charge is 0.325 e. The summed E-state index contributed by atoms with van der Waals surface area (Å²) in [6.07, 6.45) is 0.305. The highest BCUT2D eigenvalue weighted by Crippen LogP contribution is 2.29. The molecule has 5 nitrogen and oxygen atoms in total. The third kappa shape index (κ3) is 2.52. The second-order valence-corrected chi connectivity index (χ2v) is 6.90. The van der Waals surface area contributed by atoms with E-state index in [4.69, 9.17) is 0 Å². The van der Waals surface area contributed by atoms with E-state index in [-0.39, 0.29) is 10.6 Å². The molecule has 7 heteroatoms. The van der Waals surface area contributed by atoms with E-state index in [1.54, 1.807) is 18.2 Å². The van der Waals surface area contributed by atoms with Gasteiger partial charge >= 0.3 is 5.97 Å². The van der Waals surface area contributed by atoms with Crippen molar-refractivity contribution in [3.05, 3.63) is 30.3 Å². The van der Waals surface area contributed by atoms with Gasteiger partial charge in [0, 0.05) is 5.75 Å². The Balaban J connectivity index is 2.30. The summed E-state index contributed by atoms with van der Waals surface area (Å²) in [5.41, 5.74) is -1.38. The van der Waals surface area contributed by atoms with Crippen LogP contribution >= 0.6 is 11.8 Å². The minimum Gasteiger partial charge on any atom is -0.480 e. The summed E-state index contributed by atoms with van der Waals surface area (Å²) in [4.78, 5) is 11.4. The standard InChI is InChI=1S/C11H13NO4S2/c13-10(14)11(6-7-17-8-11)12-18(15,16)9-4-2-1-3-5-9/h1-5,12H,6-8H2,(H,13,14). The topological polar surface area (TPSA) is 83.5 Å². The first-order chi connectivity index (χ1) is 8.46. The quantitative estimate of drug-likeness (QED) is 0.860. The first kappa shape index (κ1) is 13.4. The van der Waals surface area contributed by atoms with Gasteiger partial charge in [-0.15, -0.1) is 0 Å². The van der Waals surface area contributed by atoms with Gasteiger partial charge in [-0.3, -0.25) is 4.79 Å². The second-order valence-electron chi connectivity index (χ2n) is 4.11. The summed E-state index contributed by atoms with van der Waals surface area (Å²) in [5.74, 6) is -0.218. The Morgan fingerprint density at radius 2 is 2.00 bits per heavy atom. The number of hydrogen-bond acceptors (Lipinski definition) is 4. The van der Waals surface area contributed by atoms with Crippen LogP contribution in [0.2, 0.25) is 0 Å². The number of hydrogen-bond donors (Lipinski definition) is 2. The Kier molecular flexibility index (Phi) is 3.65. The third-order valence-electron chi connectivity index (χ3n) is 2.81. The van der Waals surface area contributed by atoms with Crippen molar-refractivity contribution in [3.8, 4) is 0 Å². The van der Waals surface area contributed by atoms with Crippen molar-refractivity contribution in [3.63, 3.8) is 0 Å². The van der Waals surface area contributed by atoms with E-state index in [0.29, 0.717) is 12.2 Å². The van der Waals surface area contributed by atoms with Gasteiger partial charge in [0.1, 0.15) is 5.54 Å². The zero-order valence-electron chi connectivity index (χ0n) is 9.50. The largest absolute Gasteiger partial charge is 0.480 e. The van der Waals surface area contributed by atoms with Gasteiger partial charge in [-0.1, -0.05) is 18.2 Å². The highest BCUT2D eigenvalue weighted by molar-refractivity contribution is 7.99. The van der Waals surface area contributed by atoms with Gasteiger partial charge in [0.15, 0.2) is 0 Å². The molecule has 0 aliphatic carbocycles. The second kappa shape index (κ2) is 4.91. The Labute approximate surface area is 110 Å². The van der Waals surface area contributed by atoms with Crippen molar-refractivity contribution in [2.45, 2.75) is 16.9 Å². The van der Waals surface area contributed by atoms with Crippen molar-refractivity contribution < 1.29 is 18.3 Å². The van der Waals surface area contributed by atoms with Crippen LogP contribution < -0.4 is 4.72 Å². The summed E-state index contributed by atoms with van der Waals surface area (Å²) in [6, 6.07) is 7.80. The van der Waals surface area contributed by atoms with E-state index >= 15 is 0 Å². The maximum Gasteiger partial charge on any atom is 0.325 e. The van der Waals surface area contributed by atoms with Gasteiger partial charge in [-0.2, -0.15) is 16.5 Å². The van der Waals surface area contributed by atoms with Gasteiger partial charge in [0.05, 0.1) is 4.90 Å². The highest BCUT2D eigenvalue weighted by Gasteiger charge is 2.45. The Morgan fingerprint density at radius 3 is 2.50 bits per heavy atom. The van der Waals surface area contributed by atoms with Crippen molar-refractivity contribution in [2.75, 3.05) is 11.5 Å². The summed E-state index contributed by atoms with van der Waals surface area (Å²) in [6.45, 7) is 0. The molecule has 0 saturated carbocycles. The lowest BCUT2D eigenvalue weighted by Gasteiger charge is -2.24. The molecule has 1 aromatic carbocycles. The fraction of sp³-hybridized carbons (Fsp3) is 0.364. The number of rotatable bonds is 4. The molecule has 0 bridgehead atoms. The number of carbonyl (C=O) groups is 1. The molecule has 0 spiro atoms. The van der Waals surface area contributed by atoms with Gasteiger partial charge in [0.2, 0.25) is 10.0 Å². The molecule has 1 aromatic rings. The SMILES string of the molecule is O=C(O)C1(NS(=O)(=O)c2ccccc2)CCSC1. The monoisotopic (exact) mass is 287 g/mol. The lowest BCUT2D eigenvalue weighted by molar-refractivity contribution is -0.142. The molecular weight excluding hydrogens is 274 g/mol. The van der Waals surface area contributed by atoms with Gasteiger partial charge in [0.25, 0.3) is 0 Å². The summed E-state index contributed by atoms with van der Waals surface area (Å²) < 4.78 is 26.6. The summed E-state index contributed by atoms with van der Waals surface area (Å²) in [5, 5.41) is 9.23. The lowest BCUT2D eigenvalue weighted by atomic mass is 10.0. The van der Waals surface area contributed by atoms with E-state index in [1.165, 1.54) is 23.9 Å². The number of sulfonamides is 1. The Morgan fingerprint density at radius 1 is 1.33 bits per heavy atom. The van der Waals surface area contributed by atoms with E-state index < -0.39 is 21.5 Å². The summed E-state index contributed by atoms with van der Waals surface area (Å²) >= 11 is 1.44. The number of benzene rings is 1. The van der Waals surface area contributed by atoms with Crippen LogP contribution in [0.3, 0.4) is 0 Å². The number of carboxylic acid groups (broad SMARTS) is 1. The first-order valence-electron chi connectivity index (χ1n) is 5.36. The third-order valence-corrected chi connectivity index (χ3v) is 5.56. The van der Waals surface area contributed by atoms with Crippen LogP contribution in [-0.4, -0.2) is 36.5 Å². The predicted octanol–water partition coefficient (Wildman–Crippen LogP) is 0.925. The van der Waals surface area contributed by atoms with Crippen molar-refractivity contribution in [1.82, 2.24) is 4.72 Å². The average Bonchev–Trinajstić information content (AvgIpc) is 2.79. The maximum atomic E-state index is 12.1. The molecule has 2 N–H and O–H groups in total. The van der Waals surface area contributed by atoms with Gasteiger partial charge < -0.3 is 5.11 Å². The van der Waals surface area contributed by atoms with Crippen LogP contribution in [-0.2, 0) is 14.8 Å². The van der Waals surface area contributed by atoms with E-state index in [0.717, 1.165) is 0 Å². The molecule has 1 fully saturated rings. The molecule has 1 aliphatic rings. The first-order valence-corrected chi connectivity index (χ1v) is 8.00. The van der Waals surface area contributed by atoms with Crippen LogP contribution in [0, 0.1) is 0 Å². The van der Waals surface area contributed by atoms with Gasteiger partial charge in [-0.25, -0.2) is 8.42 Å². The molecule has 2 rings (SSSR count). The summed E-state index contributed by atoms with van der Waals surface area (Å²) in [7, 11) is -3.79. The van der Waals surface area contributed by atoms with E-state index in [2.05, 4.69) is 4.72 Å². The molecule has 1 heterocycles. The van der Waals surface area contributed by atoms with Crippen molar-refractivity contribution in [1.29, 1.82) is 0 Å². The highest BCUT2D eigenvalue weighted by atomic mass is 32.2. The van der Waals surface area contributed by atoms with E-state index in [1.807, 2.05) is 0 Å². The zero-order valence-corrected chi connectivity index (χ0v) is 11.1. The molecule has 1 saturated heterocycles. The fourth-order valence-electron chi connectivity index (χ4n) is 1.77. The molecule has 0 radical (unpaired) electrons. The number of aliphatic carboxylic acids is 1. The van der Waals surface area contributed by atoms with Crippen molar-refractivity contribution in [2.24, 2.45) is 0 Å². The fourth-order valence-corrected chi connectivity index (χ4v) is 4.60. The minimum atomic E-state index is -3.79. The van der Waals surface area contributed by atoms with Crippen LogP contribution in [0.1, 0.15) is 6.42 Å². The predicted molar refractivity (Wildman–Crippen MR) is 69.1 cm³/mol. The maximum absolute atomic E-state index is 12.1. The number of thioether (sulfide) groups is 1. The molecule has 0 aromatic heterocycles. The lowest BCUT2D eigenvalue weighted by Crippen LogP contribution is -2.54. The minimum absolute atomic E-state index is 0.0857. The van der Waals surface area contributed by atoms with Crippen LogP contribution in [0.25, 0.3) is 0 Å². The Hall–Kier alpha value is -1.05. The van der Waals surface area contributed by atoms with Crippen molar-refractivity contribution >= 4 is 27.8 Å². The van der Waals surface area contributed by atoms with Crippen LogP contribution in [0.4, 0.5) is 0 Å². The molecule has 1 aliphatic heterocycles. The van der Waals surface area contributed by atoms with Crippen LogP contribution in [0.5, 0.6) is 0 Å². The average molecular weight is 287 g/mol. The van der Waals surface area contributed by atoms with E-state index in [9.17, 15) is 18.3 Å². The normalized spacial score (nSPS) is 24.0. The molecule has 18 heavy (non-hydrogen) atoms. The number of carboxylic acids is 1. The molecule has 1 unspecified atom stereocenters. The molecule has 98 valence electrons. The zero-order chi connectivity index (χ0) is 13.2. The molecule has 0 amide bonds. The molecule has 1 atom stereocenters. The van der Waals surface area contributed by atoms with Gasteiger partial charge in [-0.05, 0) is 24.3 Å².